The van der Waals surface area contributed by atoms with Crippen LogP contribution < -0.4 is 0 Å². The SMILES string of the molecule is c1ccc(CCN(CCCN(CCCCN(CCCN(CCc2ccccn2)CCc2ccccn2)CCCN(CCc2ccccn2)CCc2ccccn2)CCCN(CCc2ccccn2)CCc2ccccn2)CCc2ccccn2)nc1. The van der Waals surface area contributed by atoms with Crippen LogP contribution in [0.5, 0.6) is 0 Å². The summed E-state index contributed by atoms with van der Waals surface area (Å²) in [5.74, 6) is 0. The van der Waals surface area contributed by atoms with Crippen LogP contribution in [0, 0.1) is 0 Å². The molecule has 8 rings (SSSR count). The Balaban J connectivity index is 0.923. The highest BCUT2D eigenvalue weighted by Gasteiger charge is 2.16. The summed E-state index contributed by atoms with van der Waals surface area (Å²) in [6.07, 6.45) is 29.7. The summed E-state index contributed by atoms with van der Waals surface area (Å²) in [5, 5.41) is 0. The van der Waals surface area contributed by atoms with E-state index in [-0.39, 0.29) is 0 Å². The summed E-state index contributed by atoms with van der Waals surface area (Å²) >= 11 is 0. The van der Waals surface area contributed by atoms with Gasteiger partial charge >= 0.3 is 0 Å². The minimum atomic E-state index is 0.943. The zero-order valence-corrected chi connectivity index (χ0v) is 51.4. The predicted molar refractivity (Wildman–Crippen MR) is 350 cm³/mol. The van der Waals surface area contributed by atoms with Gasteiger partial charge in [-0.1, -0.05) is 48.5 Å². The van der Waals surface area contributed by atoms with Gasteiger partial charge in [-0.2, -0.15) is 0 Å². The van der Waals surface area contributed by atoms with Crippen molar-refractivity contribution in [2.45, 2.75) is 89.9 Å². The van der Waals surface area contributed by atoms with E-state index in [1.807, 2.05) is 98.1 Å². The van der Waals surface area contributed by atoms with Gasteiger partial charge in [0.05, 0.1) is 0 Å². The molecule has 0 aliphatic heterocycles. The van der Waals surface area contributed by atoms with Crippen LogP contribution in [-0.2, 0) is 51.4 Å². The normalized spacial score (nSPS) is 11.7. The maximum atomic E-state index is 4.69. The van der Waals surface area contributed by atoms with E-state index in [0.717, 1.165) is 240 Å². The van der Waals surface area contributed by atoms with Crippen molar-refractivity contribution in [3.8, 4) is 0 Å². The lowest BCUT2D eigenvalue weighted by molar-refractivity contribution is 0.193. The van der Waals surface area contributed by atoms with Gasteiger partial charge in [0.1, 0.15) is 0 Å². The molecular weight excluding hydrogens is 1060 g/mol. The first-order valence-corrected chi connectivity index (χ1v) is 32.2. The van der Waals surface area contributed by atoms with E-state index in [1.165, 1.54) is 12.8 Å². The minimum absolute atomic E-state index is 0.943. The molecule has 8 heterocycles. The van der Waals surface area contributed by atoms with E-state index < -0.39 is 0 Å². The molecule has 8 aromatic heterocycles. The number of hydrogen-bond acceptors (Lipinski definition) is 14. The average molecular weight is 1160 g/mol. The molecule has 86 heavy (non-hydrogen) atoms. The van der Waals surface area contributed by atoms with Crippen molar-refractivity contribution in [3.05, 3.63) is 241 Å². The van der Waals surface area contributed by atoms with Crippen LogP contribution in [0.25, 0.3) is 0 Å². The first kappa shape index (κ1) is 64.9. The third-order valence-electron chi connectivity index (χ3n) is 16.3. The molecule has 0 unspecified atom stereocenters. The molecule has 14 heteroatoms. The Bertz CT molecular complexity index is 2320. The molecule has 0 atom stereocenters. The Kier molecular flexibility index (Phi) is 30.5. The van der Waals surface area contributed by atoms with Gasteiger partial charge in [-0.05, 0) is 201 Å². The summed E-state index contributed by atoms with van der Waals surface area (Å²) < 4.78 is 0. The molecule has 0 aromatic carbocycles. The highest BCUT2D eigenvalue weighted by molar-refractivity contribution is 5.10. The van der Waals surface area contributed by atoms with Crippen molar-refractivity contribution in [2.24, 2.45) is 0 Å². The zero-order chi connectivity index (χ0) is 59.0. The van der Waals surface area contributed by atoms with Crippen molar-refractivity contribution < 1.29 is 0 Å². The third kappa shape index (κ3) is 27.1. The number of unbranched alkanes of at least 4 members (excludes halogenated alkanes) is 1. The second-order valence-electron chi connectivity index (χ2n) is 22.7. The standard InChI is InChI=1S/C72H96N14/c1-9-39-73-65(23-1)31-57-83(58-32-66-24-2-10-40-74-66)53-19-49-81(50-20-54-84(59-33-67-25-3-11-41-75-67)60-34-68-26-4-12-42-76-68)47-17-18-48-82(51-21-55-85(61-35-69-27-5-13-43-77-69)62-36-70-28-6-14-44-78-70)52-22-56-86(63-37-71-29-7-15-45-79-71)64-38-72-30-8-16-46-80-72/h1-16,23-30,39-46H,17-22,31-38,47-64H2. The summed E-state index contributed by atoms with van der Waals surface area (Å²) in [4.78, 5) is 53.6. The van der Waals surface area contributed by atoms with Gasteiger partial charge in [0.2, 0.25) is 0 Å². The highest BCUT2D eigenvalue weighted by Crippen LogP contribution is 2.12. The molecule has 0 saturated heterocycles. The fraction of sp³-hybridized carbons (Fsp3) is 0.444. The third-order valence-corrected chi connectivity index (χ3v) is 16.3. The quantitative estimate of drug-likeness (QED) is 0.0337. The second-order valence-corrected chi connectivity index (χ2v) is 22.7. The zero-order valence-electron chi connectivity index (χ0n) is 51.4. The monoisotopic (exact) mass is 1160 g/mol. The van der Waals surface area contributed by atoms with Crippen molar-refractivity contribution in [2.75, 3.05) is 118 Å². The van der Waals surface area contributed by atoms with Crippen molar-refractivity contribution in [1.29, 1.82) is 0 Å². The smallest absolute Gasteiger partial charge is 0.0416 e. The molecule has 14 nitrogen and oxygen atoms in total. The van der Waals surface area contributed by atoms with Gasteiger partial charge in [0.15, 0.2) is 0 Å². The summed E-state index contributed by atoms with van der Waals surface area (Å²) in [5.41, 5.74) is 9.21. The van der Waals surface area contributed by atoms with Gasteiger partial charge in [-0.25, -0.2) is 0 Å². The molecule has 0 fully saturated rings. The van der Waals surface area contributed by atoms with E-state index in [2.05, 4.69) is 166 Å². The maximum absolute atomic E-state index is 4.69. The Labute approximate surface area is 515 Å². The van der Waals surface area contributed by atoms with Gasteiger partial charge < -0.3 is 29.4 Å². The molecule has 0 N–H and O–H groups in total. The van der Waals surface area contributed by atoms with Crippen LogP contribution in [0.3, 0.4) is 0 Å². The van der Waals surface area contributed by atoms with Crippen molar-refractivity contribution >= 4 is 0 Å². The molecule has 454 valence electrons. The van der Waals surface area contributed by atoms with E-state index in [1.54, 1.807) is 0 Å². The van der Waals surface area contributed by atoms with Crippen molar-refractivity contribution in [1.82, 2.24) is 69.3 Å². The maximum Gasteiger partial charge on any atom is 0.0416 e. The lowest BCUT2D eigenvalue weighted by atomic mass is 10.2. The largest absolute Gasteiger partial charge is 0.303 e. The second kappa shape index (κ2) is 40.4. The van der Waals surface area contributed by atoms with E-state index in [4.69, 9.17) is 0 Å². The fourth-order valence-corrected chi connectivity index (χ4v) is 11.3. The lowest BCUT2D eigenvalue weighted by Gasteiger charge is -2.29. The molecular formula is C72H96N14. The first-order chi connectivity index (χ1) is 42.6. The number of nitrogens with zero attached hydrogens (tertiary/aromatic N) is 14. The van der Waals surface area contributed by atoms with E-state index >= 15 is 0 Å². The summed E-state index contributed by atoms with van der Waals surface area (Å²) in [6, 6.07) is 50.2. The van der Waals surface area contributed by atoms with Gasteiger partial charge in [0.25, 0.3) is 0 Å². The molecule has 0 saturated carbocycles. The number of rotatable bonds is 45. The van der Waals surface area contributed by atoms with Crippen LogP contribution >= 0.6 is 0 Å². The Morgan fingerprint density at radius 3 is 0.442 bits per heavy atom. The van der Waals surface area contributed by atoms with Gasteiger partial charge in [0, 0.05) is 199 Å². The molecule has 0 aliphatic rings. The van der Waals surface area contributed by atoms with Crippen LogP contribution in [0.4, 0.5) is 0 Å². The minimum Gasteiger partial charge on any atom is -0.303 e. The average Bonchev–Trinajstić information content (AvgIpc) is 3.61. The molecule has 0 radical (unpaired) electrons. The van der Waals surface area contributed by atoms with Gasteiger partial charge in [-0.15, -0.1) is 0 Å². The van der Waals surface area contributed by atoms with Crippen LogP contribution in [0.2, 0.25) is 0 Å². The highest BCUT2D eigenvalue weighted by atomic mass is 15.2. The van der Waals surface area contributed by atoms with Crippen LogP contribution in [0.1, 0.15) is 84.1 Å². The number of aromatic nitrogens is 8. The molecule has 0 amide bonds. The Morgan fingerprint density at radius 2 is 0.302 bits per heavy atom. The van der Waals surface area contributed by atoms with E-state index in [9.17, 15) is 0 Å². The molecule has 0 aliphatic carbocycles. The van der Waals surface area contributed by atoms with E-state index in [0.29, 0.717) is 0 Å². The van der Waals surface area contributed by atoms with Crippen molar-refractivity contribution in [3.63, 3.8) is 0 Å². The predicted octanol–water partition coefficient (Wildman–Crippen LogP) is 10.2. The van der Waals surface area contributed by atoms with Gasteiger partial charge in [-0.3, -0.25) is 39.9 Å². The van der Waals surface area contributed by atoms with Crippen LogP contribution in [-0.4, -0.2) is 187 Å². The molecule has 0 spiro atoms. The fourth-order valence-electron chi connectivity index (χ4n) is 11.3. The summed E-state index contributed by atoms with van der Waals surface area (Å²) in [7, 11) is 0. The first-order valence-electron chi connectivity index (χ1n) is 32.2. The molecule has 0 bridgehead atoms. The number of hydrogen-bond donors (Lipinski definition) is 0. The Morgan fingerprint density at radius 1 is 0.163 bits per heavy atom. The Hall–Kier alpha value is -7.04. The topological polar surface area (TPSA) is 123 Å². The van der Waals surface area contributed by atoms with Crippen LogP contribution in [0.15, 0.2) is 195 Å². The lowest BCUT2D eigenvalue weighted by Crippen LogP contribution is -2.36. The number of pyridine rings is 8. The summed E-state index contributed by atoms with van der Waals surface area (Å²) in [6.45, 7) is 18.6. The molecule has 8 aromatic rings.